The minimum Gasteiger partial charge on any atom is -0.396 e. The molecule has 2 N–H and O–H groups in total. The molecule has 1 amide bonds. The van der Waals surface area contributed by atoms with Crippen molar-refractivity contribution in [1.82, 2.24) is 9.55 Å². The molecule has 1 aromatic heterocycles. The van der Waals surface area contributed by atoms with E-state index in [1.54, 1.807) is 37.3 Å². The topological polar surface area (TPSA) is 84.2 Å². The van der Waals surface area contributed by atoms with Crippen LogP contribution < -0.4 is 10.9 Å². The van der Waals surface area contributed by atoms with Crippen molar-refractivity contribution in [2.45, 2.75) is 19.9 Å². The van der Waals surface area contributed by atoms with Crippen LogP contribution in [0.4, 0.5) is 14.5 Å². The smallest absolute Gasteiger partial charge is 0.257 e. The van der Waals surface area contributed by atoms with Gasteiger partial charge in [0.25, 0.3) is 5.56 Å². The lowest BCUT2D eigenvalue weighted by molar-refractivity contribution is -0.116. The molecule has 0 aliphatic carbocycles. The van der Waals surface area contributed by atoms with Crippen LogP contribution in [0.15, 0.2) is 53.3 Å². The average Bonchev–Trinajstić information content (AvgIpc) is 2.70. The van der Waals surface area contributed by atoms with Gasteiger partial charge in [-0.25, -0.2) is 13.8 Å². The van der Waals surface area contributed by atoms with Gasteiger partial charge < -0.3 is 10.4 Å². The van der Waals surface area contributed by atoms with Gasteiger partial charge in [0, 0.05) is 35.9 Å². The van der Waals surface area contributed by atoms with Crippen LogP contribution in [0.25, 0.3) is 11.4 Å². The number of carbonyl (C=O) groups is 1. The molecule has 3 rings (SSSR count). The van der Waals surface area contributed by atoms with Crippen molar-refractivity contribution in [2.24, 2.45) is 0 Å². The molecule has 6 nitrogen and oxygen atoms in total. The summed E-state index contributed by atoms with van der Waals surface area (Å²) < 4.78 is 28.3. The summed E-state index contributed by atoms with van der Waals surface area (Å²) in [4.78, 5) is 29.9. The summed E-state index contributed by atoms with van der Waals surface area (Å²) in [5.74, 6) is -1.94. The third kappa shape index (κ3) is 4.55. The third-order valence-electron chi connectivity index (χ3n) is 4.37. The van der Waals surface area contributed by atoms with Crippen LogP contribution in [0.2, 0.25) is 0 Å². The van der Waals surface area contributed by atoms with Crippen LogP contribution in [0.1, 0.15) is 11.3 Å². The quantitative estimate of drug-likeness (QED) is 0.668. The molecule has 0 spiro atoms. The molecule has 0 saturated heterocycles. The van der Waals surface area contributed by atoms with Gasteiger partial charge in [0.05, 0.1) is 5.69 Å². The van der Waals surface area contributed by atoms with E-state index in [-0.39, 0.29) is 30.1 Å². The van der Waals surface area contributed by atoms with Crippen molar-refractivity contribution in [3.63, 3.8) is 0 Å². The number of rotatable bonds is 6. The summed E-state index contributed by atoms with van der Waals surface area (Å²) in [6.07, 6.45) is 0.0902. The van der Waals surface area contributed by atoms with Gasteiger partial charge in [0.15, 0.2) is 0 Å². The van der Waals surface area contributed by atoms with E-state index in [0.29, 0.717) is 11.3 Å². The van der Waals surface area contributed by atoms with Gasteiger partial charge in [-0.1, -0.05) is 30.3 Å². The van der Waals surface area contributed by atoms with E-state index in [9.17, 15) is 23.5 Å². The lowest BCUT2D eigenvalue weighted by Gasteiger charge is -2.16. The third-order valence-corrected chi connectivity index (χ3v) is 4.37. The number of aromatic nitrogens is 2. The summed E-state index contributed by atoms with van der Waals surface area (Å²) >= 11 is 0. The van der Waals surface area contributed by atoms with E-state index in [4.69, 9.17) is 0 Å². The maximum atomic E-state index is 13.8. The zero-order chi connectivity index (χ0) is 21.0. The first-order chi connectivity index (χ1) is 13.9. The molecule has 0 fully saturated rings. The molecule has 1 heterocycles. The highest BCUT2D eigenvalue weighted by atomic mass is 19.1. The van der Waals surface area contributed by atoms with Gasteiger partial charge in [-0.15, -0.1) is 0 Å². The number of hydrogen-bond donors (Lipinski definition) is 2. The number of benzene rings is 2. The molecule has 29 heavy (non-hydrogen) atoms. The Kier molecular flexibility index (Phi) is 6.13. The Balaban J connectivity index is 2.02. The Morgan fingerprint density at radius 1 is 1.17 bits per heavy atom. The molecular formula is C21H19F2N3O3. The number of nitrogens with one attached hydrogen (secondary N) is 1. The zero-order valence-corrected chi connectivity index (χ0v) is 15.7. The lowest BCUT2D eigenvalue weighted by atomic mass is 10.1. The van der Waals surface area contributed by atoms with Crippen LogP contribution in [0.5, 0.6) is 0 Å². The Hall–Kier alpha value is -3.39. The van der Waals surface area contributed by atoms with Crippen LogP contribution in [-0.4, -0.2) is 27.2 Å². The highest BCUT2D eigenvalue weighted by molar-refractivity contribution is 5.91. The number of aryl methyl sites for hydroxylation is 1. The second kappa shape index (κ2) is 8.74. The average molecular weight is 399 g/mol. The van der Waals surface area contributed by atoms with Crippen molar-refractivity contribution < 1.29 is 18.7 Å². The fourth-order valence-corrected chi connectivity index (χ4v) is 2.98. The second-order valence-corrected chi connectivity index (χ2v) is 6.40. The van der Waals surface area contributed by atoms with Crippen molar-refractivity contribution in [3.05, 3.63) is 81.8 Å². The molecule has 0 radical (unpaired) electrons. The fraction of sp³-hybridized carbons (Fsp3) is 0.190. The first-order valence-electron chi connectivity index (χ1n) is 8.92. The summed E-state index contributed by atoms with van der Waals surface area (Å²) in [6.45, 7) is 0.958. The molecule has 0 saturated carbocycles. The van der Waals surface area contributed by atoms with Gasteiger partial charge in [-0.3, -0.25) is 14.2 Å². The second-order valence-electron chi connectivity index (χ2n) is 6.40. The Bertz CT molecular complexity index is 1100. The number of anilines is 1. The number of nitrogens with zero attached hydrogens (tertiary/aromatic N) is 2. The van der Waals surface area contributed by atoms with E-state index < -0.39 is 29.6 Å². The maximum Gasteiger partial charge on any atom is 0.257 e. The maximum absolute atomic E-state index is 13.8. The SMILES string of the molecule is Cc1nc(-c2ccccc2)n(CC(=O)Nc2cc(F)ccc2F)c(=O)c1CCO. The van der Waals surface area contributed by atoms with Crippen molar-refractivity contribution in [2.75, 3.05) is 11.9 Å². The highest BCUT2D eigenvalue weighted by Crippen LogP contribution is 2.18. The highest BCUT2D eigenvalue weighted by Gasteiger charge is 2.18. The monoisotopic (exact) mass is 399 g/mol. The van der Waals surface area contributed by atoms with Crippen molar-refractivity contribution >= 4 is 11.6 Å². The predicted molar refractivity (Wildman–Crippen MR) is 104 cm³/mol. The number of amides is 1. The fourth-order valence-electron chi connectivity index (χ4n) is 2.98. The van der Waals surface area contributed by atoms with E-state index in [0.717, 1.165) is 18.2 Å². The minimum absolute atomic E-state index is 0.0902. The summed E-state index contributed by atoms with van der Waals surface area (Å²) in [6, 6.07) is 11.5. The molecule has 0 aliphatic rings. The van der Waals surface area contributed by atoms with Gasteiger partial charge in [0.2, 0.25) is 5.91 Å². The van der Waals surface area contributed by atoms with E-state index in [1.165, 1.54) is 4.57 Å². The van der Waals surface area contributed by atoms with E-state index in [2.05, 4.69) is 10.3 Å². The number of carbonyl (C=O) groups excluding carboxylic acids is 1. The Morgan fingerprint density at radius 3 is 2.59 bits per heavy atom. The first-order valence-corrected chi connectivity index (χ1v) is 8.92. The largest absolute Gasteiger partial charge is 0.396 e. The summed E-state index contributed by atoms with van der Waals surface area (Å²) in [7, 11) is 0. The van der Waals surface area contributed by atoms with Crippen molar-refractivity contribution in [1.29, 1.82) is 0 Å². The van der Waals surface area contributed by atoms with E-state index in [1.807, 2.05) is 0 Å². The standard InChI is InChI=1S/C21H19F2N3O3/c1-13-16(9-10-27)21(29)26(20(24-13)14-5-3-2-4-6-14)12-19(28)25-18-11-15(22)7-8-17(18)23/h2-8,11,27H,9-10,12H2,1H3,(H,25,28). The molecule has 3 aromatic rings. The van der Waals surface area contributed by atoms with E-state index >= 15 is 0 Å². The molecule has 0 atom stereocenters. The number of hydrogen-bond acceptors (Lipinski definition) is 4. The summed E-state index contributed by atoms with van der Waals surface area (Å²) in [5.41, 5.74) is 0.570. The molecule has 2 aromatic carbocycles. The normalized spacial score (nSPS) is 10.8. The Morgan fingerprint density at radius 2 is 1.90 bits per heavy atom. The predicted octanol–water partition coefficient (Wildman–Crippen LogP) is 2.67. The summed E-state index contributed by atoms with van der Waals surface area (Å²) in [5, 5.41) is 11.5. The van der Waals surface area contributed by atoms with Crippen LogP contribution in [-0.2, 0) is 17.8 Å². The molecule has 0 aliphatic heterocycles. The number of aliphatic hydroxyl groups is 1. The first kappa shape index (κ1) is 20.3. The molecular weight excluding hydrogens is 380 g/mol. The minimum atomic E-state index is -0.793. The van der Waals surface area contributed by atoms with Crippen molar-refractivity contribution in [3.8, 4) is 11.4 Å². The van der Waals surface area contributed by atoms with Crippen LogP contribution >= 0.6 is 0 Å². The van der Waals surface area contributed by atoms with Gasteiger partial charge >= 0.3 is 0 Å². The lowest BCUT2D eigenvalue weighted by Crippen LogP contribution is -2.33. The molecule has 150 valence electrons. The molecule has 8 heteroatoms. The van der Waals surface area contributed by atoms with Crippen LogP contribution in [0, 0.1) is 18.6 Å². The number of aliphatic hydroxyl groups excluding tert-OH is 1. The zero-order valence-electron chi connectivity index (χ0n) is 15.7. The Labute approximate surface area is 165 Å². The van der Waals surface area contributed by atoms with Crippen LogP contribution in [0.3, 0.4) is 0 Å². The number of halogens is 2. The van der Waals surface area contributed by atoms with Gasteiger partial charge in [-0.05, 0) is 19.1 Å². The van der Waals surface area contributed by atoms with Gasteiger partial charge in [0.1, 0.15) is 24.0 Å². The molecule has 0 unspecified atom stereocenters. The molecule has 0 bridgehead atoms. The van der Waals surface area contributed by atoms with Gasteiger partial charge in [-0.2, -0.15) is 0 Å².